The van der Waals surface area contributed by atoms with Crippen molar-refractivity contribution >= 4 is 11.6 Å². The molecule has 1 aromatic carbocycles. The highest BCUT2D eigenvalue weighted by Crippen LogP contribution is 2.16. The molecule has 1 aromatic rings. The zero-order valence-corrected chi connectivity index (χ0v) is 17.8. The smallest absolute Gasteiger partial charge is 0.224 e. The second-order valence-corrected chi connectivity index (χ2v) is 7.34. The quantitative estimate of drug-likeness (QED) is 0.246. The molecule has 4 heteroatoms. The first kappa shape index (κ1) is 24.6. The lowest BCUT2D eigenvalue weighted by Crippen LogP contribution is -2.12. The number of nitrogens with one attached hydrogen (secondary N) is 1. The van der Waals surface area contributed by atoms with Crippen LogP contribution in [0.4, 0.5) is 10.1 Å². The average molecular weight is 399 g/mol. The molecule has 0 aliphatic rings. The van der Waals surface area contributed by atoms with Gasteiger partial charge in [0, 0.05) is 6.42 Å². The Labute approximate surface area is 175 Å². The number of unbranched alkanes of at least 4 members (excludes halogenated alkanes) is 8. The molecule has 3 nitrogen and oxygen atoms in total. The predicted octanol–water partition coefficient (Wildman–Crippen LogP) is 7.45. The Kier molecular flexibility index (Phi) is 14.0. The molecule has 0 aliphatic heterocycles. The summed E-state index contributed by atoms with van der Waals surface area (Å²) >= 11 is 0. The fourth-order valence-electron chi connectivity index (χ4n) is 3.00. The number of nitrogens with zero attached hydrogens (tertiary/aromatic N) is 1. The molecule has 0 aliphatic carbocycles. The predicted molar refractivity (Wildman–Crippen MR) is 119 cm³/mol. The third-order valence-corrected chi connectivity index (χ3v) is 4.73. The van der Waals surface area contributed by atoms with Crippen molar-refractivity contribution in [3.8, 4) is 6.07 Å². The van der Waals surface area contributed by atoms with Gasteiger partial charge in [-0.2, -0.15) is 5.26 Å². The molecule has 0 unspecified atom stereocenters. The van der Waals surface area contributed by atoms with E-state index in [2.05, 4.69) is 36.5 Å². The lowest BCUT2D eigenvalue weighted by molar-refractivity contribution is -0.116. The summed E-state index contributed by atoms with van der Waals surface area (Å²) < 4.78 is 13.7. The molecule has 29 heavy (non-hydrogen) atoms. The SMILES string of the molecule is CCCCC/C=C\C/C=C\CCCCCCCC(=O)Nc1ccc(C#N)cc1F. The van der Waals surface area contributed by atoms with Gasteiger partial charge in [-0.25, -0.2) is 4.39 Å². The van der Waals surface area contributed by atoms with Crippen LogP contribution in [-0.2, 0) is 4.79 Å². The molecular formula is C25H35FN2O. The molecule has 0 aromatic heterocycles. The van der Waals surface area contributed by atoms with E-state index in [1.165, 1.54) is 50.7 Å². The van der Waals surface area contributed by atoms with Crippen LogP contribution in [0.25, 0.3) is 0 Å². The van der Waals surface area contributed by atoms with Gasteiger partial charge in [0.05, 0.1) is 17.3 Å². The van der Waals surface area contributed by atoms with E-state index in [-0.39, 0.29) is 17.2 Å². The van der Waals surface area contributed by atoms with Crippen LogP contribution in [0, 0.1) is 17.1 Å². The summed E-state index contributed by atoms with van der Waals surface area (Å²) in [6, 6.07) is 5.93. The molecule has 0 saturated carbocycles. The molecule has 1 rings (SSSR count). The van der Waals surface area contributed by atoms with Crippen LogP contribution in [0.2, 0.25) is 0 Å². The maximum absolute atomic E-state index is 13.7. The van der Waals surface area contributed by atoms with E-state index >= 15 is 0 Å². The van der Waals surface area contributed by atoms with Crippen molar-refractivity contribution in [3.05, 3.63) is 53.9 Å². The number of carbonyl (C=O) groups excluding carboxylic acids is 1. The highest BCUT2D eigenvalue weighted by Gasteiger charge is 2.07. The topological polar surface area (TPSA) is 52.9 Å². The number of anilines is 1. The van der Waals surface area contributed by atoms with Gasteiger partial charge in [-0.3, -0.25) is 4.79 Å². The molecule has 158 valence electrons. The van der Waals surface area contributed by atoms with Crippen molar-refractivity contribution in [2.24, 2.45) is 0 Å². The Balaban J connectivity index is 1.99. The van der Waals surface area contributed by atoms with Crippen molar-refractivity contribution < 1.29 is 9.18 Å². The molecule has 0 fully saturated rings. The Hall–Kier alpha value is -2.41. The number of carbonyl (C=O) groups is 1. The van der Waals surface area contributed by atoms with Gasteiger partial charge in [0.25, 0.3) is 0 Å². The van der Waals surface area contributed by atoms with Crippen molar-refractivity contribution in [2.75, 3.05) is 5.32 Å². The number of benzene rings is 1. The summed E-state index contributed by atoms with van der Waals surface area (Å²) in [6.07, 6.45) is 21.9. The molecule has 0 bridgehead atoms. The first-order chi connectivity index (χ1) is 14.2. The van der Waals surface area contributed by atoms with Crippen LogP contribution >= 0.6 is 0 Å². The zero-order valence-electron chi connectivity index (χ0n) is 17.8. The number of hydrogen-bond acceptors (Lipinski definition) is 2. The number of amides is 1. The second kappa shape index (κ2) is 16.5. The van der Waals surface area contributed by atoms with E-state index in [0.717, 1.165) is 38.2 Å². The van der Waals surface area contributed by atoms with Crippen molar-refractivity contribution in [2.45, 2.75) is 84.0 Å². The van der Waals surface area contributed by atoms with Crippen LogP contribution < -0.4 is 5.32 Å². The summed E-state index contributed by atoms with van der Waals surface area (Å²) in [5, 5.41) is 11.3. The third-order valence-electron chi connectivity index (χ3n) is 4.73. The Morgan fingerprint density at radius 3 is 2.31 bits per heavy atom. The molecule has 1 amide bonds. The zero-order chi connectivity index (χ0) is 21.2. The van der Waals surface area contributed by atoms with Gasteiger partial charge < -0.3 is 5.32 Å². The minimum Gasteiger partial charge on any atom is -0.324 e. The summed E-state index contributed by atoms with van der Waals surface area (Å²) in [5.41, 5.74) is 0.380. The van der Waals surface area contributed by atoms with Gasteiger partial charge in [0.1, 0.15) is 5.82 Å². The van der Waals surface area contributed by atoms with Crippen molar-refractivity contribution in [1.82, 2.24) is 0 Å². The maximum atomic E-state index is 13.7. The molecule has 0 spiro atoms. The number of nitriles is 1. The first-order valence-corrected chi connectivity index (χ1v) is 11.0. The summed E-state index contributed by atoms with van der Waals surface area (Å²) in [7, 11) is 0. The summed E-state index contributed by atoms with van der Waals surface area (Å²) in [5.74, 6) is -0.753. The first-order valence-electron chi connectivity index (χ1n) is 11.0. The van der Waals surface area contributed by atoms with Gasteiger partial charge in [-0.1, -0.05) is 63.3 Å². The van der Waals surface area contributed by atoms with Crippen LogP contribution in [0.5, 0.6) is 0 Å². The summed E-state index contributed by atoms with van der Waals surface area (Å²) in [6.45, 7) is 2.23. The fraction of sp³-hybridized carbons (Fsp3) is 0.520. The molecule has 0 radical (unpaired) electrons. The molecular weight excluding hydrogens is 363 g/mol. The van der Waals surface area contributed by atoms with Crippen LogP contribution in [0.3, 0.4) is 0 Å². The van der Waals surface area contributed by atoms with E-state index in [0.29, 0.717) is 6.42 Å². The van der Waals surface area contributed by atoms with E-state index in [1.54, 1.807) is 0 Å². The van der Waals surface area contributed by atoms with Gasteiger partial charge >= 0.3 is 0 Å². The standard InChI is InChI=1S/C25H35FN2O/c1-2-3-4-5-6-7-8-9-10-11-12-13-14-15-16-17-25(29)28-24-19-18-22(21-27)20-23(24)26/h6-7,9-10,18-20H,2-5,8,11-17H2,1H3,(H,28,29)/b7-6-,10-9-. The van der Waals surface area contributed by atoms with Crippen molar-refractivity contribution in [3.63, 3.8) is 0 Å². The lowest BCUT2D eigenvalue weighted by atomic mass is 10.1. The second-order valence-electron chi connectivity index (χ2n) is 7.34. The lowest BCUT2D eigenvalue weighted by Gasteiger charge is -2.06. The van der Waals surface area contributed by atoms with Crippen LogP contribution in [0.1, 0.15) is 89.5 Å². The van der Waals surface area contributed by atoms with Gasteiger partial charge in [-0.15, -0.1) is 0 Å². The van der Waals surface area contributed by atoms with Crippen LogP contribution in [0.15, 0.2) is 42.5 Å². The Morgan fingerprint density at radius 1 is 1.00 bits per heavy atom. The third kappa shape index (κ3) is 12.6. The van der Waals surface area contributed by atoms with E-state index in [4.69, 9.17) is 5.26 Å². The molecule has 0 atom stereocenters. The number of allylic oxidation sites excluding steroid dienone is 4. The van der Waals surface area contributed by atoms with Crippen LogP contribution in [-0.4, -0.2) is 5.91 Å². The van der Waals surface area contributed by atoms with Crippen molar-refractivity contribution in [1.29, 1.82) is 5.26 Å². The van der Waals surface area contributed by atoms with Gasteiger partial charge in [-0.05, 0) is 56.7 Å². The monoisotopic (exact) mass is 398 g/mol. The molecule has 0 heterocycles. The minimum atomic E-state index is -0.572. The summed E-state index contributed by atoms with van der Waals surface area (Å²) in [4.78, 5) is 11.9. The largest absolute Gasteiger partial charge is 0.324 e. The highest BCUT2D eigenvalue weighted by atomic mass is 19.1. The van der Waals surface area contributed by atoms with Gasteiger partial charge in [0.15, 0.2) is 0 Å². The number of hydrogen-bond donors (Lipinski definition) is 1. The van der Waals surface area contributed by atoms with E-state index < -0.39 is 5.82 Å². The normalized spacial score (nSPS) is 11.2. The Bertz CT molecular complexity index is 689. The fourth-order valence-corrected chi connectivity index (χ4v) is 3.00. The minimum absolute atomic E-state index is 0.136. The molecule has 0 saturated heterocycles. The highest BCUT2D eigenvalue weighted by molar-refractivity contribution is 5.90. The van der Waals surface area contributed by atoms with Gasteiger partial charge in [0.2, 0.25) is 5.91 Å². The van der Waals surface area contributed by atoms with E-state index in [9.17, 15) is 9.18 Å². The average Bonchev–Trinajstić information content (AvgIpc) is 2.72. The molecule has 1 N–H and O–H groups in total. The Morgan fingerprint density at radius 2 is 1.66 bits per heavy atom. The number of rotatable bonds is 15. The van der Waals surface area contributed by atoms with E-state index in [1.807, 2.05) is 6.07 Å². The number of halogens is 1. The maximum Gasteiger partial charge on any atom is 0.224 e.